The van der Waals surface area contributed by atoms with E-state index in [0.29, 0.717) is 13.0 Å². The van der Waals surface area contributed by atoms with E-state index in [2.05, 4.69) is 16.4 Å². The summed E-state index contributed by atoms with van der Waals surface area (Å²) in [5.74, 6) is -2.26. The molecule has 0 rings (SSSR count). The van der Waals surface area contributed by atoms with Crippen molar-refractivity contribution in [1.29, 1.82) is 0 Å². The predicted molar refractivity (Wildman–Crippen MR) is 91.5 cm³/mol. The predicted octanol–water partition coefficient (Wildman–Crippen LogP) is 0.0329. The molecule has 0 heterocycles. The maximum absolute atomic E-state index is 11.5. The third kappa shape index (κ3) is 17.4. The third-order valence-electron chi connectivity index (χ3n) is 3.39. The van der Waals surface area contributed by atoms with Crippen molar-refractivity contribution in [3.05, 3.63) is 0 Å². The van der Waals surface area contributed by atoms with Crippen LogP contribution in [0, 0.1) is 0 Å². The topological polar surface area (TPSA) is 89.5 Å². The van der Waals surface area contributed by atoms with E-state index in [1.165, 1.54) is 32.1 Å². The summed E-state index contributed by atoms with van der Waals surface area (Å²) in [5, 5.41) is 2.35. The Morgan fingerprint density at radius 2 is 1.42 bits per heavy atom. The van der Waals surface area contributed by atoms with Gasteiger partial charge in [0, 0.05) is 13.0 Å². The van der Waals surface area contributed by atoms with Gasteiger partial charge in [-0.2, -0.15) is 8.42 Å². The molecule has 0 bridgehead atoms. The zero-order valence-electron chi connectivity index (χ0n) is 16.4. The van der Waals surface area contributed by atoms with Crippen LogP contribution in [0.15, 0.2) is 0 Å². The smallest absolute Gasteiger partial charge is 1.00 e. The van der Waals surface area contributed by atoms with Crippen LogP contribution in [0.2, 0.25) is 0 Å². The van der Waals surface area contributed by atoms with Crippen molar-refractivity contribution >= 4 is 22.0 Å². The average Bonchev–Trinajstić information content (AvgIpc) is 2.44. The van der Waals surface area contributed by atoms with E-state index in [4.69, 9.17) is 0 Å². The van der Waals surface area contributed by atoms with Crippen LogP contribution in [0.4, 0.5) is 0 Å². The SMILES string of the molecule is CCCCCCCCCCCC(=O)OS(=O)(=O)CC(=O)NCC.[H-].[K+]. The molecule has 1 N–H and O–H groups in total. The minimum Gasteiger partial charge on any atom is -1.00 e. The van der Waals surface area contributed by atoms with Gasteiger partial charge in [0.25, 0.3) is 0 Å². The van der Waals surface area contributed by atoms with E-state index in [-0.39, 0.29) is 59.2 Å². The summed E-state index contributed by atoms with van der Waals surface area (Å²) in [6, 6.07) is 0. The summed E-state index contributed by atoms with van der Waals surface area (Å²) < 4.78 is 27.4. The molecule has 0 atom stereocenters. The van der Waals surface area contributed by atoms with Gasteiger partial charge in [-0.25, -0.2) is 0 Å². The Labute approximate surface area is 190 Å². The van der Waals surface area contributed by atoms with Gasteiger partial charge in [-0.1, -0.05) is 58.3 Å². The van der Waals surface area contributed by atoms with Crippen molar-refractivity contribution in [3.8, 4) is 0 Å². The van der Waals surface area contributed by atoms with Crippen molar-refractivity contribution in [2.75, 3.05) is 12.3 Å². The second kappa shape index (κ2) is 17.0. The Bertz CT molecular complexity index is 446. The van der Waals surface area contributed by atoms with Crippen LogP contribution in [0.25, 0.3) is 0 Å². The first-order chi connectivity index (χ1) is 10.9. The van der Waals surface area contributed by atoms with Gasteiger partial charge in [0.1, 0.15) is 0 Å². The Kier molecular flexibility index (Phi) is 18.9. The molecule has 0 aliphatic heterocycles. The molecule has 8 heteroatoms. The minimum atomic E-state index is -4.12. The Balaban J connectivity index is -0.00000242. The van der Waals surface area contributed by atoms with Gasteiger partial charge in [-0.05, 0) is 13.3 Å². The van der Waals surface area contributed by atoms with Gasteiger partial charge in [0.2, 0.25) is 5.91 Å². The number of unbranched alkanes of at least 4 members (excludes halogenated alkanes) is 8. The van der Waals surface area contributed by atoms with Gasteiger partial charge in [0.15, 0.2) is 5.75 Å². The first-order valence-electron chi connectivity index (χ1n) is 8.63. The molecule has 138 valence electrons. The average molecular weight is 390 g/mol. The zero-order chi connectivity index (χ0) is 17.6. The quantitative estimate of drug-likeness (QED) is 0.257. The van der Waals surface area contributed by atoms with E-state index in [9.17, 15) is 18.0 Å². The van der Waals surface area contributed by atoms with Gasteiger partial charge >= 0.3 is 67.5 Å². The molecular weight excluding hydrogens is 357 g/mol. The molecule has 0 aromatic heterocycles. The van der Waals surface area contributed by atoms with E-state index in [1.807, 2.05) is 0 Å². The van der Waals surface area contributed by atoms with Gasteiger partial charge in [-0.3, -0.25) is 9.59 Å². The summed E-state index contributed by atoms with van der Waals surface area (Å²) in [5.41, 5.74) is 0. The number of rotatable bonds is 14. The molecule has 0 saturated carbocycles. The molecule has 0 unspecified atom stereocenters. The van der Waals surface area contributed by atoms with Crippen LogP contribution in [-0.4, -0.2) is 32.6 Å². The van der Waals surface area contributed by atoms with Crippen LogP contribution >= 0.6 is 0 Å². The van der Waals surface area contributed by atoms with Gasteiger partial charge in [0.05, 0.1) is 0 Å². The first kappa shape index (κ1) is 26.8. The van der Waals surface area contributed by atoms with Crippen LogP contribution in [-0.2, 0) is 23.9 Å². The number of carbonyl (C=O) groups excluding carboxylic acids is 2. The van der Waals surface area contributed by atoms with Gasteiger partial charge < -0.3 is 10.9 Å². The molecule has 0 aliphatic carbocycles. The van der Waals surface area contributed by atoms with Crippen LogP contribution in [0.5, 0.6) is 0 Å². The molecule has 0 spiro atoms. The summed E-state index contributed by atoms with van der Waals surface area (Å²) >= 11 is 0. The van der Waals surface area contributed by atoms with Crippen molar-refractivity contribution in [3.63, 3.8) is 0 Å². The van der Waals surface area contributed by atoms with E-state index in [0.717, 1.165) is 19.3 Å². The van der Waals surface area contributed by atoms with Crippen molar-refractivity contribution < 1.29 is 75.0 Å². The van der Waals surface area contributed by atoms with Crippen molar-refractivity contribution in [2.24, 2.45) is 0 Å². The number of nitrogens with one attached hydrogen (secondary N) is 1. The molecule has 0 saturated heterocycles. The van der Waals surface area contributed by atoms with E-state index in [1.54, 1.807) is 6.92 Å². The monoisotopic (exact) mass is 389 g/mol. The number of amides is 1. The van der Waals surface area contributed by atoms with Crippen LogP contribution in [0.1, 0.15) is 79.5 Å². The summed E-state index contributed by atoms with van der Waals surface area (Å²) in [6.07, 6.45) is 10.1. The standard InChI is InChI=1S/C16H31NO5S.K.H/c1-3-5-6-7-8-9-10-11-12-13-16(19)22-23(20,21)14-15(18)17-4-2;;/h3-14H2,1-2H3,(H,17,18);;/q;+1;-1. The first-order valence-corrected chi connectivity index (χ1v) is 10.2. The molecule has 24 heavy (non-hydrogen) atoms. The fourth-order valence-corrected chi connectivity index (χ4v) is 3.05. The number of carbonyl (C=O) groups is 2. The molecular formula is C16H32KNO5S. The van der Waals surface area contributed by atoms with E-state index < -0.39 is 27.7 Å². The fraction of sp³-hybridized carbons (Fsp3) is 0.875. The van der Waals surface area contributed by atoms with Gasteiger partial charge in [-0.15, -0.1) is 0 Å². The van der Waals surface area contributed by atoms with Crippen molar-refractivity contribution in [2.45, 2.75) is 78.1 Å². The van der Waals surface area contributed by atoms with Crippen LogP contribution < -0.4 is 56.7 Å². The van der Waals surface area contributed by atoms with E-state index >= 15 is 0 Å². The fourth-order valence-electron chi connectivity index (χ4n) is 2.20. The largest absolute Gasteiger partial charge is 1.00 e. The molecule has 6 nitrogen and oxygen atoms in total. The van der Waals surface area contributed by atoms with Crippen LogP contribution in [0.3, 0.4) is 0 Å². The molecule has 0 fully saturated rings. The van der Waals surface area contributed by atoms with Crippen molar-refractivity contribution in [1.82, 2.24) is 5.32 Å². The Hall–Kier alpha value is 0.526. The number of hydrogen-bond acceptors (Lipinski definition) is 5. The summed E-state index contributed by atoms with van der Waals surface area (Å²) in [4.78, 5) is 22.7. The second-order valence-corrected chi connectivity index (χ2v) is 7.26. The Morgan fingerprint density at radius 1 is 0.917 bits per heavy atom. The third-order valence-corrected chi connectivity index (χ3v) is 4.44. The maximum Gasteiger partial charge on any atom is 1.00 e. The maximum atomic E-state index is 11.5. The second-order valence-electron chi connectivity index (χ2n) is 5.69. The zero-order valence-corrected chi connectivity index (χ0v) is 19.4. The molecule has 0 aromatic carbocycles. The normalized spacial score (nSPS) is 10.8. The summed E-state index contributed by atoms with van der Waals surface area (Å²) in [6.45, 7) is 4.20. The number of hydrogen-bond donors (Lipinski definition) is 1. The molecule has 1 amide bonds. The molecule has 0 aromatic rings. The minimum absolute atomic E-state index is 0. The summed E-state index contributed by atoms with van der Waals surface area (Å²) in [7, 11) is -4.12. The molecule has 0 aliphatic rings. The Morgan fingerprint density at radius 3 is 1.92 bits per heavy atom. The molecule has 0 radical (unpaired) electrons.